The van der Waals surface area contributed by atoms with Crippen LogP contribution in [0.1, 0.15) is 106 Å². The van der Waals surface area contributed by atoms with E-state index < -0.39 is 48.3 Å². The number of nitrogens with zero attached hydrogens (tertiary/aromatic N) is 3. The van der Waals surface area contributed by atoms with E-state index in [-0.39, 0.29) is 79.0 Å². The molecule has 0 unspecified atom stereocenters. The van der Waals surface area contributed by atoms with Crippen molar-refractivity contribution in [2.24, 2.45) is 35.5 Å². The van der Waals surface area contributed by atoms with Gasteiger partial charge in [-0.3, -0.25) is 19.2 Å². The predicted octanol–water partition coefficient (Wildman–Crippen LogP) is 6.92. The van der Waals surface area contributed by atoms with Crippen molar-refractivity contribution in [3.63, 3.8) is 0 Å². The Balaban J connectivity index is 2.27. The van der Waals surface area contributed by atoms with Crippen molar-refractivity contribution in [3.8, 4) is 0 Å². The maximum absolute atomic E-state index is 14.5. The van der Waals surface area contributed by atoms with Gasteiger partial charge in [-0.2, -0.15) is 11.8 Å². The molecule has 1 aromatic rings. The van der Waals surface area contributed by atoms with Crippen LogP contribution in [0, 0.1) is 35.5 Å². The number of Topliss-reactive ketones (excluding diaryl/α,β-unsaturated/α-hetero) is 2. The number of hydrogen-bond donors (Lipinski definition) is 1. The monoisotopic (exact) mass is 834 g/mol. The molecule has 330 valence electrons. The first kappa shape index (κ1) is 51.1. The van der Waals surface area contributed by atoms with E-state index >= 15 is 0 Å². The number of thioether (sulfide) groups is 1. The Hall–Kier alpha value is -3.00. The van der Waals surface area contributed by atoms with E-state index in [2.05, 4.69) is 0 Å². The highest BCUT2D eigenvalue weighted by molar-refractivity contribution is 7.98. The quantitative estimate of drug-likeness (QED) is 0.103. The van der Waals surface area contributed by atoms with Crippen molar-refractivity contribution in [2.75, 3.05) is 53.5 Å². The Morgan fingerprint density at radius 3 is 2.03 bits per heavy atom. The average molecular weight is 834 g/mol. The van der Waals surface area contributed by atoms with Gasteiger partial charge in [0.15, 0.2) is 5.78 Å². The number of likely N-dealkylation sites (N-methyl/N-ethyl adjacent to an activating group) is 2. The van der Waals surface area contributed by atoms with Crippen molar-refractivity contribution >= 4 is 41.2 Å². The number of ketones is 2. The number of carbonyl (C=O) groups is 5. The molecule has 1 saturated heterocycles. The summed E-state index contributed by atoms with van der Waals surface area (Å²) in [7, 11) is 6.43. The number of ether oxygens (including phenoxy) is 3. The molecule has 1 heterocycles. The van der Waals surface area contributed by atoms with E-state index in [1.54, 1.807) is 45.0 Å². The largest absolute Gasteiger partial charge is 0.449 e. The highest BCUT2D eigenvalue weighted by Gasteiger charge is 2.43. The van der Waals surface area contributed by atoms with Crippen LogP contribution in [0.25, 0.3) is 0 Å². The van der Waals surface area contributed by atoms with Crippen LogP contribution in [0.4, 0.5) is 4.79 Å². The fourth-order valence-electron chi connectivity index (χ4n) is 8.60. The second kappa shape index (κ2) is 24.9. The van der Waals surface area contributed by atoms with Crippen LogP contribution in [0.15, 0.2) is 30.3 Å². The highest BCUT2D eigenvalue weighted by Crippen LogP contribution is 2.33. The average Bonchev–Trinajstić information content (AvgIpc) is 3.68. The minimum atomic E-state index is -0.780. The van der Waals surface area contributed by atoms with Crippen LogP contribution in [0.5, 0.6) is 0 Å². The molecule has 10 atom stereocenters. The molecule has 13 heteroatoms. The lowest BCUT2D eigenvalue weighted by molar-refractivity contribution is -0.149. The molecule has 0 bridgehead atoms. The molecule has 1 aliphatic heterocycles. The summed E-state index contributed by atoms with van der Waals surface area (Å²) in [6.45, 7) is 16.1. The standard InChI is InChI=1S/C45H75N3O9S/c1-14-30(6)41(46(9)44(53)34(28(2)3)26-37(50)40(29(4)5)47(10)45(54)57-23-24-58-13)38(55-11)27-39(51)48-22-18-21-35(48)43(56-12)32(8)36(49)25-31(7)42(52)33-19-16-15-17-20-33/h15-17,19-20,28-32,34-35,38,40-43,52H,14,18,21-27H2,1-13H3/t30-,31-,32-,34-,35-,38+,40-,41-,42+,43+/m0/s1. The summed E-state index contributed by atoms with van der Waals surface area (Å²) < 4.78 is 17.4. The molecular weight excluding hydrogens is 759 g/mol. The third kappa shape index (κ3) is 13.8. The van der Waals surface area contributed by atoms with Crippen LogP contribution in [0.3, 0.4) is 0 Å². The fraction of sp³-hybridized carbons (Fsp3) is 0.756. The number of benzene rings is 1. The van der Waals surface area contributed by atoms with E-state index in [0.717, 1.165) is 18.4 Å². The fourth-order valence-corrected chi connectivity index (χ4v) is 8.85. The van der Waals surface area contributed by atoms with Crippen LogP contribution >= 0.6 is 11.8 Å². The Morgan fingerprint density at radius 2 is 1.50 bits per heavy atom. The molecule has 0 spiro atoms. The number of methoxy groups -OCH3 is 2. The van der Waals surface area contributed by atoms with Crippen molar-refractivity contribution in [3.05, 3.63) is 35.9 Å². The Bertz CT molecular complexity index is 1450. The molecule has 58 heavy (non-hydrogen) atoms. The van der Waals surface area contributed by atoms with Gasteiger partial charge in [-0.15, -0.1) is 0 Å². The SMILES string of the molecule is CC[C@H](C)[C@@H]([C@@H](CC(=O)N1CCC[C@H]1[C@H](OC)[C@@H](C)C(=O)C[C@H](C)[C@@H](O)c1ccccc1)OC)N(C)C(=O)[C@@H](CC(=O)[C@H](C(C)C)N(C)C(=O)OCCSC)C(C)C. The maximum atomic E-state index is 14.5. The summed E-state index contributed by atoms with van der Waals surface area (Å²) in [6.07, 6.45) is 1.69. The van der Waals surface area contributed by atoms with Gasteiger partial charge in [0.2, 0.25) is 11.8 Å². The van der Waals surface area contributed by atoms with Crippen LogP contribution < -0.4 is 0 Å². The smallest absolute Gasteiger partial charge is 0.410 e. The minimum absolute atomic E-state index is 0.0167. The molecular formula is C45H75N3O9S. The summed E-state index contributed by atoms with van der Waals surface area (Å²) in [5.41, 5.74) is 0.763. The van der Waals surface area contributed by atoms with Crippen molar-refractivity contribution in [1.29, 1.82) is 0 Å². The summed E-state index contributed by atoms with van der Waals surface area (Å²) >= 11 is 1.56. The highest BCUT2D eigenvalue weighted by atomic mass is 32.2. The first-order chi connectivity index (χ1) is 27.4. The molecule has 1 aromatic carbocycles. The van der Waals surface area contributed by atoms with E-state index in [9.17, 15) is 29.1 Å². The molecule has 2 rings (SSSR count). The molecule has 12 nitrogen and oxygen atoms in total. The Labute approximate surface area is 353 Å². The van der Waals surface area contributed by atoms with Crippen LogP contribution in [-0.4, -0.2) is 133 Å². The molecule has 0 aromatic heterocycles. The van der Waals surface area contributed by atoms with Crippen molar-refractivity contribution in [2.45, 2.75) is 130 Å². The van der Waals surface area contributed by atoms with Gasteiger partial charge < -0.3 is 34.0 Å². The molecule has 0 aliphatic carbocycles. The zero-order valence-corrected chi connectivity index (χ0v) is 38.5. The lowest BCUT2D eigenvalue weighted by Crippen LogP contribution is -2.54. The summed E-state index contributed by atoms with van der Waals surface area (Å²) in [5, 5.41) is 10.9. The van der Waals surface area contributed by atoms with E-state index in [1.807, 2.05) is 96.9 Å². The molecule has 1 fully saturated rings. The first-order valence-corrected chi connectivity index (χ1v) is 22.6. The lowest BCUT2D eigenvalue weighted by Gasteiger charge is -2.41. The maximum Gasteiger partial charge on any atom is 0.410 e. The second-order valence-corrected chi connectivity index (χ2v) is 18.0. The van der Waals surface area contributed by atoms with E-state index in [1.165, 1.54) is 4.90 Å². The number of rotatable bonds is 25. The zero-order valence-electron chi connectivity index (χ0n) is 37.6. The van der Waals surface area contributed by atoms with E-state index in [4.69, 9.17) is 14.2 Å². The number of amides is 3. The summed E-state index contributed by atoms with van der Waals surface area (Å²) in [5.74, 6) is -1.86. The van der Waals surface area contributed by atoms with Crippen molar-refractivity contribution < 1.29 is 43.3 Å². The van der Waals surface area contributed by atoms with Crippen LogP contribution in [0.2, 0.25) is 0 Å². The van der Waals surface area contributed by atoms with Gasteiger partial charge in [-0.05, 0) is 48.3 Å². The molecule has 0 saturated carbocycles. The van der Waals surface area contributed by atoms with Gasteiger partial charge in [0.05, 0.1) is 42.9 Å². The summed E-state index contributed by atoms with van der Waals surface area (Å²) in [6, 6.07) is 7.75. The minimum Gasteiger partial charge on any atom is -0.449 e. The lowest BCUT2D eigenvalue weighted by atomic mass is 9.83. The molecule has 3 amide bonds. The number of hydrogen-bond acceptors (Lipinski definition) is 10. The number of aliphatic hydroxyl groups excluding tert-OH is 1. The summed E-state index contributed by atoms with van der Waals surface area (Å²) in [4.78, 5) is 74.0. The van der Waals surface area contributed by atoms with E-state index in [0.29, 0.717) is 18.7 Å². The van der Waals surface area contributed by atoms with Gasteiger partial charge in [-0.1, -0.05) is 92.1 Å². The topological polar surface area (TPSA) is 143 Å². The third-order valence-corrected chi connectivity index (χ3v) is 12.9. The Kier molecular flexibility index (Phi) is 22.0. The number of carbonyl (C=O) groups excluding carboxylic acids is 5. The molecule has 1 aliphatic rings. The predicted molar refractivity (Wildman–Crippen MR) is 230 cm³/mol. The van der Waals surface area contributed by atoms with Gasteiger partial charge in [0.1, 0.15) is 12.4 Å². The first-order valence-electron chi connectivity index (χ1n) is 21.2. The van der Waals surface area contributed by atoms with Gasteiger partial charge >= 0.3 is 6.09 Å². The number of aliphatic hydroxyl groups is 1. The Morgan fingerprint density at radius 1 is 0.862 bits per heavy atom. The zero-order chi connectivity index (χ0) is 43.9. The van der Waals surface area contributed by atoms with Gasteiger partial charge in [0, 0.05) is 65.3 Å². The molecule has 1 N–H and O–H groups in total. The normalized spacial score (nSPS) is 19.1. The van der Waals surface area contributed by atoms with Gasteiger partial charge in [0.25, 0.3) is 0 Å². The third-order valence-electron chi connectivity index (χ3n) is 12.3. The van der Waals surface area contributed by atoms with Crippen LogP contribution in [-0.2, 0) is 33.4 Å². The van der Waals surface area contributed by atoms with Gasteiger partial charge in [-0.25, -0.2) is 4.79 Å². The number of likely N-dealkylation sites (tertiary alicyclic amines) is 1. The molecule has 0 radical (unpaired) electrons. The second-order valence-electron chi connectivity index (χ2n) is 17.0. The van der Waals surface area contributed by atoms with Crippen molar-refractivity contribution in [1.82, 2.24) is 14.7 Å².